The van der Waals surface area contributed by atoms with Crippen LogP contribution in [-0.2, 0) is 52.4 Å². The van der Waals surface area contributed by atoms with Crippen LogP contribution >= 0.6 is 0 Å². The Balaban J connectivity index is 1.42. The molecular weight excluding hydrogens is 743 g/mol. The number of nitrogens with one attached hydrogen (secondary N) is 1. The van der Waals surface area contributed by atoms with Crippen LogP contribution in [0.1, 0.15) is 96.5 Å². The fourth-order valence-electron chi connectivity index (χ4n) is 9.49. The number of H-pyrrole nitrogens is 1. The third kappa shape index (κ3) is 6.24. The van der Waals surface area contributed by atoms with Crippen LogP contribution in [0.2, 0.25) is 0 Å². The second kappa shape index (κ2) is 16.0. The van der Waals surface area contributed by atoms with E-state index in [0.717, 1.165) is 116 Å². The zero-order valence-electron chi connectivity index (χ0n) is 36.6. The van der Waals surface area contributed by atoms with Crippen LogP contribution in [0.4, 0.5) is 0 Å². The monoisotopic (exact) mass is 801 g/mol. The summed E-state index contributed by atoms with van der Waals surface area (Å²) in [5.74, 6) is 4.61. The fourth-order valence-corrected chi connectivity index (χ4v) is 9.49. The SMILES string of the molecule is CCn1cc[n+](CC)c1C1=C2C=CC(=C(c3n(CC)cc[n+]3CC)C3=NC(=C(c4n(CC)cc[n+]4CC)c4ccc([nH]4)C(c4n(CC)cc[n+]4CC)=C4C=CC1=N4)C=C3)C2. The Morgan fingerprint density at radius 1 is 0.450 bits per heavy atom. The zero-order valence-corrected chi connectivity index (χ0v) is 36.6. The molecule has 0 radical (unpaired) electrons. The topological polar surface area (TPSA) is 75.8 Å². The zero-order chi connectivity index (χ0) is 41.7. The van der Waals surface area contributed by atoms with Crippen molar-refractivity contribution < 1.29 is 18.3 Å². The van der Waals surface area contributed by atoms with Crippen LogP contribution < -0.4 is 18.3 Å². The molecule has 1 N–H and O–H groups in total. The van der Waals surface area contributed by atoms with Crippen molar-refractivity contribution in [1.29, 1.82) is 0 Å². The molecular formula is C49H59N11+4. The van der Waals surface area contributed by atoms with Gasteiger partial charge in [0.05, 0.1) is 97.7 Å². The van der Waals surface area contributed by atoms with Crippen LogP contribution in [0.3, 0.4) is 0 Å². The summed E-state index contributed by atoms with van der Waals surface area (Å²) in [5.41, 5.74) is 12.8. The Morgan fingerprint density at radius 3 is 1.10 bits per heavy atom. The molecule has 0 atom stereocenters. The van der Waals surface area contributed by atoms with Crippen molar-refractivity contribution >= 4 is 33.7 Å². The molecule has 11 nitrogen and oxygen atoms in total. The number of aryl methyl sites for hydroxylation is 8. The van der Waals surface area contributed by atoms with Gasteiger partial charge in [-0.05, 0) is 109 Å². The number of nitrogens with zero attached hydrogens (tertiary/aromatic N) is 10. The highest BCUT2D eigenvalue weighted by Crippen LogP contribution is 2.40. The molecule has 1 aliphatic carbocycles. The molecule has 0 aromatic carbocycles. The average Bonchev–Trinajstić information content (AvgIpc) is 4.13. The van der Waals surface area contributed by atoms with Gasteiger partial charge in [-0.2, -0.15) is 0 Å². The van der Waals surface area contributed by atoms with Crippen molar-refractivity contribution in [3.8, 4) is 0 Å². The highest BCUT2D eigenvalue weighted by molar-refractivity contribution is 6.33. The number of fused-ring (bicyclic) bond motifs is 6. The third-order valence-corrected chi connectivity index (χ3v) is 12.5. The molecule has 9 rings (SSSR count). The number of rotatable bonds is 12. The molecule has 0 unspecified atom stereocenters. The standard InChI is InChI=1S/C49H58N11/c1-9-53-25-26-54(10-2)46(53)42-34-17-18-35(33-34)43(47-55(11-3)27-28-56(47)12-4)37-20-22-39(51-37)45(49-59(15-7)31-32-60(49)16-8)41-24-23-40(52-41)44(38-21-19-36(42)50-38)48-57(13-5)29-30-58(48)14-6/h17-32H,9-16,33H2,1-8H3/q+3/p+1. The summed E-state index contributed by atoms with van der Waals surface area (Å²) in [6.45, 7) is 24.5. The van der Waals surface area contributed by atoms with Crippen LogP contribution in [0.25, 0.3) is 22.3 Å². The molecule has 0 saturated heterocycles. The minimum atomic E-state index is 0.750. The number of hydrogen-bond acceptors (Lipinski definition) is 2. The highest BCUT2D eigenvalue weighted by Gasteiger charge is 2.36. The number of hydrogen-bond donors (Lipinski definition) is 1. The van der Waals surface area contributed by atoms with Gasteiger partial charge < -0.3 is 4.98 Å². The van der Waals surface area contributed by atoms with E-state index in [2.05, 4.69) is 195 Å². The molecule has 11 heteroatoms. The lowest BCUT2D eigenvalue weighted by molar-refractivity contribution is -0.695. The Bertz CT molecular complexity index is 2540. The average molecular weight is 802 g/mol. The van der Waals surface area contributed by atoms with E-state index in [4.69, 9.17) is 9.98 Å². The van der Waals surface area contributed by atoms with Gasteiger partial charge in [-0.3, -0.25) is 0 Å². The second-order valence-corrected chi connectivity index (χ2v) is 15.6. The Kier molecular flexibility index (Phi) is 10.4. The van der Waals surface area contributed by atoms with Crippen molar-refractivity contribution in [2.45, 2.75) is 114 Å². The Labute approximate surface area is 353 Å². The predicted octanol–water partition coefficient (Wildman–Crippen LogP) is 6.95. The molecule has 0 spiro atoms. The van der Waals surface area contributed by atoms with Crippen molar-refractivity contribution in [3.63, 3.8) is 0 Å². The van der Waals surface area contributed by atoms with E-state index >= 15 is 0 Å². The summed E-state index contributed by atoms with van der Waals surface area (Å²) in [4.78, 5) is 15.3. The van der Waals surface area contributed by atoms with Gasteiger partial charge in [-0.15, -0.1) is 0 Å². The van der Waals surface area contributed by atoms with E-state index in [1.165, 1.54) is 33.9 Å². The van der Waals surface area contributed by atoms with Crippen molar-refractivity contribution in [3.05, 3.63) is 155 Å². The maximum absolute atomic E-state index is 5.67. The number of aromatic amines is 1. The highest BCUT2D eigenvalue weighted by atomic mass is 15.2. The van der Waals surface area contributed by atoms with Gasteiger partial charge in [0.2, 0.25) is 0 Å². The maximum atomic E-state index is 5.67. The number of allylic oxidation sites excluding steroid dienone is 10. The molecule has 4 aliphatic rings. The Hall–Kier alpha value is -6.36. The molecule has 8 bridgehead atoms. The number of imidazole rings is 4. The second-order valence-electron chi connectivity index (χ2n) is 15.6. The maximum Gasteiger partial charge on any atom is 0.293 e. The smallest absolute Gasteiger partial charge is 0.293 e. The van der Waals surface area contributed by atoms with E-state index in [-0.39, 0.29) is 0 Å². The van der Waals surface area contributed by atoms with Gasteiger partial charge in [0.25, 0.3) is 23.3 Å². The van der Waals surface area contributed by atoms with Crippen LogP contribution in [-0.4, -0.2) is 34.7 Å². The van der Waals surface area contributed by atoms with E-state index in [9.17, 15) is 0 Å². The summed E-state index contributed by atoms with van der Waals surface area (Å²) in [7, 11) is 0. The molecule has 0 amide bonds. The minimum Gasteiger partial charge on any atom is -0.354 e. The van der Waals surface area contributed by atoms with Crippen molar-refractivity contribution in [1.82, 2.24) is 23.3 Å². The predicted molar refractivity (Wildman–Crippen MR) is 237 cm³/mol. The summed E-state index contributed by atoms with van der Waals surface area (Å²) < 4.78 is 18.8. The first-order chi connectivity index (χ1) is 29.4. The fraction of sp³-hybridized carbons (Fsp3) is 0.347. The number of aliphatic imine (C=N–C) groups is 2. The van der Waals surface area contributed by atoms with Crippen LogP contribution in [0.15, 0.2) is 131 Å². The summed E-state index contributed by atoms with van der Waals surface area (Å²) in [6, 6.07) is 4.49. The lowest BCUT2D eigenvalue weighted by atomic mass is 9.96. The molecule has 5 aromatic heterocycles. The first-order valence-electron chi connectivity index (χ1n) is 22.1. The van der Waals surface area contributed by atoms with E-state index in [0.29, 0.717) is 0 Å². The van der Waals surface area contributed by atoms with Gasteiger partial charge in [0.15, 0.2) is 0 Å². The van der Waals surface area contributed by atoms with Crippen molar-refractivity contribution in [2.24, 2.45) is 9.98 Å². The molecule has 3 aliphatic heterocycles. The number of aromatic nitrogens is 9. The summed E-state index contributed by atoms with van der Waals surface area (Å²) in [5, 5.41) is 0. The van der Waals surface area contributed by atoms with Gasteiger partial charge >= 0.3 is 0 Å². The normalized spacial score (nSPS) is 16.2. The quantitative estimate of drug-likeness (QED) is 0.133. The third-order valence-electron chi connectivity index (χ3n) is 12.5. The molecule has 8 heterocycles. The van der Waals surface area contributed by atoms with Crippen molar-refractivity contribution in [2.75, 3.05) is 0 Å². The molecule has 0 saturated carbocycles. The Morgan fingerprint density at radius 2 is 0.783 bits per heavy atom. The summed E-state index contributed by atoms with van der Waals surface area (Å²) >= 11 is 0. The largest absolute Gasteiger partial charge is 0.354 e. The van der Waals surface area contributed by atoms with Gasteiger partial charge in [0, 0.05) is 0 Å². The minimum absolute atomic E-state index is 0.750. The van der Waals surface area contributed by atoms with E-state index < -0.39 is 0 Å². The van der Waals surface area contributed by atoms with E-state index in [1.54, 1.807) is 0 Å². The first kappa shape index (κ1) is 39.1. The summed E-state index contributed by atoms with van der Waals surface area (Å²) in [6.07, 6.45) is 32.0. The van der Waals surface area contributed by atoms with Gasteiger partial charge in [0.1, 0.15) is 60.7 Å². The van der Waals surface area contributed by atoms with E-state index in [1.807, 2.05) is 0 Å². The van der Waals surface area contributed by atoms with Gasteiger partial charge in [-0.1, -0.05) is 12.2 Å². The van der Waals surface area contributed by atoms with Crippen LogP contribution in [0, 0.1) is 0 Å². The van der Waals surface area contributed by atoms with Gasteiger partial charge in [-0.25, -0.2) is 46.5 Å². The van der Waals surface area contributed by atoms with Crippen LogP contribution in [0.5, 0.6) is 0 Å². The first-order valence-corrected chi connectivity index (χ1v) is 22.1. The lowest BCUT2D eigenvalue weighted by Gasteiger charge is -2.13. The molecule has 0 fully saturated rings. The molecule has 5 aromatic rings. The molecule has 306 valence electrons. The lowest BCUT2D eigenvalue weighted by Crippen LogP contribution is -2.37. The molecule has 60 heavy (non-hydrogen) atoms.